The smallest absolute Gasteiger partial charge is 0.308 e. The molecular weight excluding hydrogens is 390 g/mol. The number of nitrogens with zero attached hydrogens (tertiary/aromatic N) is 4. The van der Waals surface area contributed by atoms with Crippen molar-refractivity contribution in [3.8, 4) is 11.5 Å². The third kappa shape index (κ3) is 3.95. The van der Waals surface area contributed by atoms with Crippen LogP contribution in [0.15, 0.2) is 12.1 Å². The average Bonchev–Trinajstić information content (AvgIpc) is 3.27. The van der Waals surface area contributed by atoms with E-state index in [4.69, 9.17) is 19.9 Å². The van der Waals surface area contributed by atoms with E-state index in [9.17, 15) is 9.59 Å². The minimum atomic E-state index is -0.457. The molecule has 4 rings (SSSR count). The van der Waals surface area contributed by atoms with Gasteiger partial charge < -0.3 is 29.7 Å². The fourth-order valence-electron chi connectivity index (χ4n) is 3.79. The Hall–Kier alpha value is -3.14. The summed E-state index contributed by atoms with van der Waals surface area (Å²) < 4.78 is 16.0. The molecule has 3 heterocycles. The highest BCUT2D eigenvalue weighted by Crippen LogP contribution is 2.34. The standard InChI is InChI=1S/C20H25N5O5/c1-12(26)30-17-11-14-13(10-16(17)28-2)18(21)23-20(22-14)25-7-5-24(6-8-25)19(27)15-4-3-9-29-15/h10-11,15H,3-9H2,1-2H3,(H2,21,22,23). The number of carbonyl (C=O) groups is 2. The molecule has 160 valence electrons. The van der Waals surface area contributed by atoms with Gasteiger partial charge in [-0.3, -0.25) is 9.59 Å². The van der Waals surface area contributed by atoms with Gasteiger partial charge >= 0.3 is 5.97 Å². The normalized spacial score (nSPS) is 19.2. The van der Waals surface area contributed by atoms with Crippen molar-refractivity contribution in [1.82, 2.24) is 14.9 Å². The van der Waals surface area contributed by atoms with Gasteiger partial charge in [-0.25, -0.2) is 4.98 Å². The Morgan fingerprint density at radius 3 is 2.57 bits per heavy atom. The molecule has 2 aliphatic rings. The van der Waals surface area contributed by atoms with E-state index >= 15 is 0 Å². The van der Waals surface area contributed by atoms with Gasteiger partial charge in [-0.2, -0.15) is 4.98 Å². The Labute approximate surface area is 173 Å². The fraction of sp³-hybridized carbons (Fsp3) is 0.500. The van der Waals surface area contributed by atoms with Gasteiger partial charge in [0.05, 0.1) is 12.6 Å². The number of amides is 1. The summed E-state index contributed by atoms with van der Waals surface area (Å²) in [6.45, 7) is 4.30. The second-order valence-corrected chi connectivity index (χ2v) is 7.34. The van der Waals surface area contributed by atoms with Gasteiger partial charge in [-0.15, -0.1) is 0 Å². The van der Waals surface area contributed by atoms with E-state index in [1.807, 2.05) is 9.80 Å². The lowest BCUT2D eigenvalue weighted by atomic mass is 10.2. The number of anilines is 2. The van der Waals surface area contributed by atoms with Crippen molar-refractivity contribution in [2.45, 2.75) is 25.9 Å². The summed E-state index contributed by atoms with van der Waals surface area (Å²) in [5.41, 5.74) is 6.72. The SMILES string of the molecule is COc1cc2c(N)nc(N3CCN(C(=O)C4CCCO4)CC3)nc2cc1OC(C)=O. The van der Waals surface area contributed by atoms with Crippen LogP contribution in [0.5, 0.6) is 11.5 Å². The lowest BCUT2D eigenvalue weighted by Crippen LogP contribution is -2.51. The number of piperazine rings is 1. The molecule has 1 aromatic heterocycles. The van der Waals surface area contributed by atoms with Gasteiger partial charge in [-0.05, 0) is 18.9 Å². The number of carbonyl (C=O) groups excluding carboxylic acids is 2. The van der Waals surface area contributed by atoms with E-state index in [1.165, 1.54) is 14.0 Å². The van der Waals surface area contributed by atoms with E-state index < -0.39 is 5.97 Å². The van der Waals surface area contributed by atoms with Gasteiger partial charge in [-0.1, -0.05) is 0 Å². The molecule has 1 atom stereocenters. The number of nitrogen functional groups attached to an aromatic ring is 1. The molecule has 0 aliphatic carbocycles. The van der Waals surface area contributed by atoms with Crippen molar-refractivity contribution < 1.29 is 23.8 Å². The number of ether oxygens (including phenoxy) is 3. The van der Waals surface area contributed by atoms with Crippen LogP contribution in [0.2, 0.25) is 0 Å². The molecule has 2 saturated heterocycles. The molecule has 0 saturated carbocycles. The zero-order chi connectivity index (χ0) is 21.3. The summed E-state index contributed by atoms with van der Waals surface area (Å²) in [6.07, 6.45) is 1.41. The molecule has 1 amide bonds. The molecular formula is C20H25N5O5. The molecule has 10 nitrogen and oxygen atoms in total. The molecule has 0 bridgehead atoms. The Kier molecular flexibility index (Phi) is 5.58. The van der Waals surface area contributed by atoms with Crippen LogP contribution in [0.25, 0.3) is 10.9 Å². The van der Waals surface area contributed by atoms with Crippen LogP contribution in [-0.4, -0.2) is 72.7 Å². The molecule has 2 fully saturated rings. The van der Waals surface area contributed by atoms with Crippen LogP contribution in [0.1, 0.15) is 19.8 Å². The molecule has 2 aliphatic heterocycles. The summed E-state index contributed by atoms with van der Waals surface area (Å²) in [4.78, 5) is 36.8. The summed E-state index contributed by atoms with van der Waals surface area (Å²) in [6, 6.07) is 3.28. The third-order valence-corrected chi connectivity index (χ3v) is 5.33. The number of benzene rings is 1. The second-order valence-electron chi connectivity index (χ2n) is 7.34. The number of esters is 1. The number of hydrogen-bond acceptors (Lipinski definition) is 9. The zero-order valence-electron chi connectivity index (χ0n) is 17.1. The first kappa shape index (κ1) is 20.1. The number of fused-ring (bicyclic) bond motifs is 1. The third-order valence-electron chi connectivity index (χ3n) is 5.33. The molecule has 1 unspecified atom stereocenters. The summed E-state index contributed by atoms with van der Waals surface area (Å²) in [5, 5.41) is 0.610. The van der Waals surface area contributed by atoms with E-state index in [2.05, 4.69) is 9.97 Å². The van der Waals surface area contributed by atoms with Crippen molar-refractivity contribution >= 4 is 34.5 Å². The fourth-order valence-corrected chi connectivity index (χ4v) is 3.79. The minimum Gasteiger partial charge on any atom is -0.493 e. The molecule has 2 aromatic rings. The van der Waals surface area contributed by atoms with E-state index in [0.717, 1.165) is 12.8 Å². The van der Waals surface area contributed by atoms with Crippen molar-refractivity contribution in [3.63, 3.8) is 0 Å². The van der Waals surface area contributed by atoms with E-state index in [0.29, 0.717) is 61.2 Å². The van der Waals surface area contributed by atoms with Gasteiger partial charge in [0.1, 0.15) is 11.9 Å². The summed E-state index contributed by atoms with van der Waals surface area (Å²) in [5.74, 6) is 1.03. The van der Waals surface area contributed by atoms with Crippen molar-refractivity contribution in [2.75, 3.05) is 50.5 Å². The summed E-state index contributed by atoms with van der Waals surface area (Å²) >= 11 is 0. The number of aromatic nitrogens is 2. The molecule has 0 spiro atoms. The van der Waals surface area contributed by atoms with Crippen LogP contribution in [0.3, 0.4) is 0 Å². The predicted octanol–water partition coefficient (Wildman–Crippen LogP) is 0.973. The largest absolute Gasteiger partial charge is 0.493 e. The number of rotatable bonds is 4. The molecule has 10 heteroatoms. The highest BCUT2D eigenvalue weighted by Gasteiger charge is 2.31. The maximum Gasteiger partial charge on any atom is 0.308 e. The van der Waals surface area contributed by atoms with Crippen LogP contribution < -0.4 is 20.1 Å². The van der Waals surface area contributed by atoms with E-state index in [-0.39, 0.29) is 17.8 Å². The van der Waals surface area contributed by atoms with Gasteiger partial charge in [0.25, 0.3) is 5.91 Å². The second kappa shape index (κ2) is 8.31. The topological polar surface area (TPSA) is 120 Å². The van der Waals surface area contributed by atoms with Crippen LogP contribution >= 0.6 is 0 Å². The first-order valence-electron chi connectivity index (χ1n) is 9.95. The summed E-state index contributed by atoms with van der Waals surface area (Å²) in [7, 11) is 1.48. The van der Waals surface area contributed by atoms with Gasteiger partial charge in [0.15, 0.2) is 11.5 Å². The molecule has 30 heavy (non-hydrogen) atoms. The van der Waals surface area contributed by atoms with Gasteiger partial charge in [0.2, 0.25) is 5.95 Å². The Balaban J connectivity index is 1.54. The van der Waals surface area contributed by atoms with Crippen molar-refractivity contribution in [1.29, 1.82) is 0 Å². The Bertz CT molecular complexity index is 968. The number of nitrogens with two attached hydrogens (primary N) is 1. The Morgan fingerprint density at radius 1 is 1.17 bits per heavy atom. The zero-order valence-corrected chi connectivity index (χ0v) is 17.1. The lowest BCUT2D eigenvalue weighted by Gasteiger charge is -2.35. The number of methoxy groups -OCH3 is 1. The van der Waals surface area contributed by atoms with Crippen molar-refractivity contribution in [2.24, 2.45) is 0 Å². The van der Waals surface area contributed by atoms with E-state index in [1.54, 1.807) is 12.1 Å². The first-order valence-corrected chi connectivity index (χ1v) is 9.95. The van der Waals surface area contributed by atoms with Gasteiger partial charge in [0, 0.05) is 51.2 Å². The highest BCUT2D eigenvalue weighted by atomic mass is 16.6. The highest BCUT2D eigenvalue weighted by molar-refractivity contribution is 5.92. The maximum absolute atomic E-state index is 12.5. The molecule has 1 aromatic carbocycles. The van der Waals surface area contributed by atoms with Crippen LogP contribution in [-0.2, 0) is 14.3 Å². The van der Waals surface area contributed by atoms with Crippen LogP contribution in [0, 0.1) is 0 Å². The number of hydrogen-bond donors (Lipinski definition) is 1. The Morgan fingerprint density at radius 2 is 1.93 bits per heavy atom. The van der Waals surface area contributed by atoms with Crippen molar-refractivity contribution in [3.05, 3.63) is 12.1 Å². The maximum atomic E-state index is 12.5. The molecule has 0 radical (unpaired) electrons. The quantitative estimate of drug-likeness (QED) is 0.575. The lowest BCUT2D eigenvalue weighted by molar-refractivity contribution is -0.141. The minimum absolute atomic E-state index is 0.0595. The first-order chi connectivity index (χ1) is 14.5. The average molecular weight is 415 g/mol. The van der Waals surface area contributed by atoms with Crippen LogP contribution in [0.4, 0.5) is 11.8 Å². The predicted molar refractivity (Wildman–Crippen MR) is 110 cm³/mol. The monoisotopic (exact) mass is 415 g/mol. The molecule has 2 N–H and O–H groups in total.